The van der Waals surface area contributed by atoms with Crippen LogP contribution < -0.4 is 0 Å². The molecule has 0 aliphatic carbocycles. The van der Waals surface area contributed by atoms with E-state index in [-0.39, 0.29) is 0 Å². The van der Waals surface area contributed by atoms with Gasteiger partial charge in [-0.2, -0.15) is 5.26 Å². The highest BCUT2D eigenvalue weighted by Crippen LogP contribution is 1.98. The Labute approximate surface area is 82.4 Å². The van der Waals surface area contributed by atoms with E-state index in [0.29, 0.717) is 5.57 Å². The van der Waals surface area contributed by atoms with Gasteiger partial charge in [-0.15, -0.1) is 9.79 Å². The molecule has 0 spiro atoms. The lowest BCUT2D eigenvalue weighted by molar-refractivity contribution is -0.141. The fourth-order valence-electron chi connectivity index (χ4n) is 0.288. The first-order valence-corrected chi connectivity index (χ1v) is 4.58. The molecular weight excluding hydrogens is 209 g/mol. The summed E-state index contributed by atoms with van der Waals surface area (Å²) in [5, 5.41) is 8.21. The molecule has 0 radical (unpaired) electrons. The molecule has 1 atom stereocenters. The van der Waals surface area contributed by atoms with Gasteiger partial charge in [-0.1, -0.05) is 6.58 Å². The van der Waals surface area contributed by atoms with Crippen molar-refractivity contribution >= 4 is 14.2 Å². The molecule has 0 heterocycles. The molecule has 1 unspecified atom stereocenters. The van der Waals surface area contributed by atoms with Gasteiger partial charge in [0.25, 0.3) is 0 Å². The number of hydrogen-bond donors (Lipinski definition) is 2. The molecule has 0 aromatic rings. The summed E-state index contributed by atoms with van der Waals surface area (Å²) in [5.41, 5.74) is 0.307. The van der Waals surface area contributed by atoms with Crippen LogP contribution in [0.4, 0.5) is 0 Å². The fraction of sp³-hybridized carbons (Fsp3) is 0.429. The first-order valence-electron chi connectivity index (χ1n) is 3.42. The molecule has 0 rings (SSSR count). The zero-order chi connectivity index (χ0) is 11.7. The SMILES string of the molecule is C=C(C)C(=O)OC(C)C#N.O=[P+](O)O. The number of carbonyl (C=O) groups excluding carboxylic acids is 1. The Bertz CT molecular complexity index is 266. The van der Waals surface area contributed by atoms with Crippen molar-refractivity contribution in [3.05, 3.63) is 12.2 Å². The van der Waals surface area contributed by atoms with Crippen LogP contribution in [0.2, 0.25) is 0 Å². The van der Waals surface area contributed by atoms with Gasteiger partial charge in [0.05, 0.1) is 0 Å². The third kappa shape index (κ3) is 13.3. The normalized spacial score (nSPS) is 9.93. The molecule has 0 saturated heterocycles. The maximum absolute atomic E-state index is 10.6. The number of carbonyl (C=O) groups is 1. The lowest BCUT2D eigenvalue weighted by atomic mass is 10.3. The molecule has 78 valence electrons. The van der Waals surface area contributed by atoms with Crippen LogP contribution in [0.3, 0.4) is 0 Å². The Hall–Kier alpha value is -1.28. The van der Waals surface area contributed by atoms with E-state index in [9.17, 15) is 4.79 Å². The van der Waals surface area contributed by atoms with Crippen LogP contribution in [0.15, 0.2) is 12.2 Å². The molecule has 7 heteroatoms. The standard InChI is InChI=1S/C7H9NO2.HO3P/c1-5(2)7(9)10-6(3)4-8;1-4(2)3/h6H,1H2,2-3H3;(H-,1,2,3)/p+1. The summed E-state index contributed by atoms with van der Waals surface area (Å²) in [6.07, 6.45) is -0.691. The molecule has 0 aliphatic heterocycles. The summed E-state index contributed by atoms with van der Waals surface area (Å²) in [6, 6.07) is 1.77. The smallest absolute Gasteiger partial charge is 0.444 e. The summed E-state index contributed by atoms with van der Waals surface area (Å²) < 4.78 is 13.3. The maximum atomic E-state index is 10.6. The highest BCUT2D eigenvalue weighted by molar-refractivity contribution is 7.30. The molecular formula is C7H11NO5P+. The van der Waals surface area contributed by atoms with Crippen LogP contribution in [0.1, 0.15) is 13.8 Å². The van der Waals surface area contributed by atoms with Crippen molar-refractivity contribution in [3.8, 4) is 6.07 Å². The average Bonchev–Trinajstić information content (AvgIpc) is 2.02. The molecule has 0 saturated carbocycles. The lowest BCUT2D eigenvalue weighted by Gasteiger charge is -2.03. The Kier molecular flexibility index (Phi) is 9.04. The minimum Gasteiger partial charge on any atom is -0.444 e. The van der Waals surface area contributed by atoms with E-state index >= 15 is 0 Å². The minimum atomic E-state index is -2.87. The van der Waals surface area contributed by atoms with Crippen LogP contribution in [0.5, 0.6) is 0 Å². The van der Waals surface area contributed by atoms with Crippen molar-refractivity contribution in [2.45, 2.75) is 20.0 Å². The minimum absolute atomic E-state index is 0.307. The van der Waals surface area contributed by atoms with E-state index in [2.05, 4.69) is 11.3 Å². The van der Waals surface area contributed by atoms with Gasteiger partial charge in [0.15, 0.2) is 6.10 Å². The van der Waals surface area contributed by atoms with Crippen LogP contribution >= 0.6 is 8.25 Å². The van der Waals surface area contributed by atoms with Gasteiger partial charge in [0.1, 0.15) is 6.07 Å². The molecule has 6 nitrogen and oxygen atoms in total. The van der Waals surface area contributed by atoms with Gasteiger partial charge < -0.3 is 4.74 Å². The summed E-state index contributed by atoms with van der Waals surface area (Å²) in [7, 11) is -2.87. The highest BCUT2D eigenvalue weighted by atomic mass is 31.1. The second kappa shape index (κ2) is 8.32. The van der Waals surface area contributed by atoms with Crippen molar-refractivity contribution in [2.24, 2.45) is 0 Å². The Morgan fingerprint density at radius 2 is 2.00 bits per heavy atom. The van der Waals surface area contributed by atoms with E-state index in [1.54, 1.807) is 6.07 Å². The van der Waals surface area contributed by atoms with Gasteiger partial charge in [0.2, 0.25) is 0 Å². The topological polar surface area (TPSA) is 108 Å². The Balaban J connectivity index is 0. The van der Waals surface area contributed by atoms with E-state index in [1.165, 1.54) is 13.8 Å². The predicted molar refractivity (Wildman–Crippen MR) is 48.0 cm³/mol. The first-order chi connectivity index (χ1) is 6.31. The molecule has 0 aromatic carbocycles. The quantitative estimate of drug-likeness (QED) is 0.401. The van der Waals surface area contributed by atoms with Crippen molar-refractivity contribution in [2.75, 3.05) is 0 Å². The second-order valence-corrected chi connectivity index (χ2v) is 2.72. The number of ether oxygens (including phenoxy) is 1. The third-order valence-electron chi connectivity index (χ3n) is 0.814. The number of rotatable bonds is 2. The molecule has 14 heavy (non-hydrogen) atoms. The van der Waals surface area contributed by atoms with Gasteiger partial charge in [-0.25, -0.2) is 4.79 Å². The number of nitriles is 1. The van der Waals surface area contributed by atoms with Gasteiger partial charge in [-0.3, -0.25) is 0 Å². The molecule has 0 aromatic heterocycles. The van der Waals surface area contributed by atoms with Crippen molar-refractivity contribution in [3.63, 3.8) is 0 Å². The van der Waals surface area contributed by atoms with Crippen molar-refractivity contribution in [1.82, 2.24) is 0 Å². The molecule has 0 fully saturated rings. The van der Waals surface area contributed by atoms with Gasteiger partial charge in [0, 0.05) is 10.1 Å². The predicted octanol–water partition coefficient (Wildman–Crippen LogP) is 0.646. The molecule has 0 aliphatic rings. The zero-order valence-electron chi connectivity index (χ0n) is 7.80. The zero-order valence-corrected chi connectivity index (χ0v) is 8.69. The van der Waals surface area contributed by atoms with E-state index in [4.69, 9.17) is 19.6 Å². The molecule has 0 amide bonds. The lowest BCUT2D eigenvalue weighted by Crippen LogP contribution is -2.12. The average molecular weight is 220 g/mol. The Morgan fingerprint density at radius 3 is 2.21 bits per heavy atom. The van der Waals surface area contributed by atoms with E-state index in [1.807, 2.05) is 0 Å². The molecule has 0 bridgehead atoms. The van der Waals surface area contributed by atoms with E-state index < -0.39 is 20.3 Å². The monoisotopic (exact) mass is 220 g/mol. The van der Waals surface area contributed by atoms with Crippen LogP contribution in [0, 0.1) is 11.3 Å². The summed E-state index contributed by atoms with van der Waals surface area (Å²) in [4.78, 5) is 24.9. The summed E-state index contributed by atoms with van der Waals surface area (Å²) in [5.74, 6) is -0.519. The summed E-state index contributed by atoms with van der Waals surface area (Å²) in [6.45, 7) is 6.39. The van der Waals surface area contributed by atoms with Crippen LogP contribution in [0.25, 0.3) is 0 Å². The van der Waals surface area contributed by atoms with Crippen molar-refractivity contribution < 1.29 is 23.9 Å². The third-order valence-corrected chi connectivity index (χ3v) is 0.814. The van der Waals surface area contributed by atoms with Gasteiger partial charge in [-0.05, 0) is 13.8 Å². The number of esters is 1. The fourth-order valence-corrected chi connectivity index (χ4v) is 0.288. The second-order valence-electron chi connectivity index (χ2n) is 2.21. The first kappa shape index (κ1) is 15.2. The van der Waals surface area contributed by atoms with Gasteiger partial charge >= 0.3 is 14.2 Å². The largest absolute Gasteiger partial charge is 0.692 e. The van der Waals surface area contributed by atoms with Crippen molar-refractivity contribution in [1.29, 1.82) is 5.26 Å². The Morgan fingerprint density at radius 1 is 1.64 bits per heavy atom. The maximum Gasteiger partial charge on any atom is 0.692 e. The number of nitrogens with zero attached hydrogens (tertiary/aromatic N) is 1. The van der Waals surface area contributed by atoms with E-state index in [0.717, 1.165) is 0 Å². The molecule has 2 N–H and O–H groups in total. The highest BCUT2D eigenvalue weighted by Gasteiger charge is 2.07. The van der Waals surface area contributed by atoms with Crippen LogP contribution in [-0.4, -0.2) is 21.9 Å². The number of hydrogen-bond acceptors (Lipinski definition) is 4. The van der Waals surface area contributed by atoms with Crippen LogP contribution in [-0.2, 0) is 14.1 Å². The summed E-state index contributed by atoms with van der Waals surface area (Å²) >= 11 is 0.